The molecule has 28 heavy (non-hydrogen) atoms. The zero-order chi connectivity index (χ0) is 19.5. The third kappa shape index (κ3) is 3.85. The third-order valence-corrected chi connectivity index (χ3v) is 5.83. The van der Waals surface area contributed by atoms with E-state index in [1.165, 1.54) is 5.56 Å². The van der Waals surface area contributed by atoms with E-state index in [9.17, 15) is 4.79 Å². The van der Waals surface area contributed by atoms with E-state index in [1.807, 2.05) is 18.2 Å². The number of hydrogen-bond donors (Lipinski definition) is 1. The molecule has 2 saturated heterocycles. The van der Waals surface area contributed by atoms with Crippen LogP contribution in [0.5, 0.6) is 5.75 Å². The van der Waals surface area contributed by atoms with Gasteiger partial charge in [0.05, 0.1) is 20.3 Å². The quantitative estimate of drug-likeness (QED) is 0.851. The van der Waals surface area contributed by atoms with Gasteiger partial charge in [-0.3, -0.25) is 9.78 Å². The van der Waals surface area contributed by atoms with E-state index in [0.717, 1.165) is 44.0 Å². The van der Waals surface area contributed by atoms with Gasteiger partial charge >= 0.3 is 0 Å². The highest BCUT2D eigenvalue weighted by Crippen LogP contribution is 2.32. The Hall–Kier alpha value is -2.54. The van der Waals surface area contributed by atoms with Gasteiger partial charge in [-0.1, -0.05) is 25.1 Å². The van der Waals surface area contributed by atoms with E-state index in [-0.39, 0.29) is 11.6 Å². The number of H-pyrrole nitrogens is 1. The summed E-state index contributed by atoms with van der Waals surface area (Å²) < 4.78 is 11.0. The molecule has 2 aromatic rings. The molecule has 1 aromatic carbocycles. The van der Waals surface area contributed by atoms with Crippen molar-refractivity contribution in [2.45, 2.75) is 25.8 Å². The van der Waals surface area contributed by atoms with Gasteiger partial charge in [0.2, 0.25) is 5.95 Å². The summed E-state index contributed by atoms with van der Waals surface area (Å²) in [6.07, 6.45) is 1.93. The van der Waals surface area contributed by atoms with E-state index in [1.54, 1.807) is 13.2 Å². The van der Waals surface area contributed by atoms with Gasteiger partial charge in [0.1, 0.15) is 11.6 Å². The number of nitrogens with zero attached hydrogens (tertiary/aromatic N) is 3. The second-order valence-electron chi connectivity index (χ2n) is 7.57. The van der Waals surface area contributed by atoms with Gasteiger partial charge in [0.25, 0.3) is 5.56 Å². The number of ether oxygens (including phenoxy) is 2. The first kappa shape index (κ1) is 18.8. The Morgan fingerprint density at radius 3 is 2.82 bits per heavy atom. The van der Waals surface area contributed by atoms with Gasteiger partial charge in [-0.15, -0.1) is 0 Å². The van der Waals surface area contributed by atoms with Crippen LogP contribution in [0.25, 0.3) is 0 Å². The lowest BCUT2D eigenvalue weighted by Gasteiger charge is -2.31. The molecule has 150 valence electrons. The smallest absolute Gasteiger partial charge is 0.254 e. The SMILES string of the molecule is COc1ccccc1C[C@H]1[C@H](C)CCN1c1nc(N2CCOCC2)cc(=O)[nH]1. The second-order valence-corrected chi connectivity index (χ2v) is 7.57. The Morgan fingerprint density at radius 1 is 1.25 bits per heavy atom. The van der Waals surface area contributed by atoms with Crippen molar-refractivity contribution in [3.63, 3.8) is 0 Å². The molecule has 1 N–H and O–H groups in total. The maximum absolute atomic E-state index is 12.4. The van der Waals surface area contributed by atoms with Crippen LogP contribution in [-0.4, -0.2) is 56.0 Å². The topological polar surface area (TPSA) is 70.7 Å². The number of anilines is 2. The van der Waals surface area contributed by atoms with Crippen molar-refractivity contribution in [1.29, 1.82) is 0 Å². The molecule has 0 spiro atoms. The molecule has 7 heteroatoms. The van der Waals surface area contributed by atoms with Gasteiger partial charge in [0, 0.05) is 31.7 Å². The number of nitrogens with one attached hydrogen (secondary N) is 1. The maximum atomic E-state index is 12.4. The van der Waals surface area contributed by atoms with Gasteiger partial charge in [-0.25, -0.2) is 0 Å². The van der Waals surface area contributed by atoms with Crippen LogP contribution in [-0.2, 0) is 11.2 Å². The van der Waals surface area contributed by atoms with Crippen LogP contribution in [0.3, 0.4) is 0 Å². The normalized spacial score (nSPS) is 22.5. The Morgan fingerprint density at radius 2 is 2.04 bits per heavy atom. The lowest BCUT2D eigenvalue weighted by Crippen LogP contribution is -2.39. The van der Waals surface area contributed by atoms with Crippen LogP contribution in [0.1, 0.15) is 18.9 Å². The van der Waals surface area contributed by atoms with Crippen LogP contribution in [0.4, 0.5) is 11.8 Å². The van der Waals surface area contributed by atoms with Crippen molar-refractivity contribution in [3.05, 3.63) is 46.2 Å². The lowest BCUT2D eigenvalue weighted by atomic mass is 9.95. The average molecular weight is 384 g/mol. The second kappa shape index (κ2) is 8.22. The summed E-state index contributed by atoms with van der Waals surface area (Å²) in [5, 5.41) is 0. The molecule has 2 aliphatic rings. The molecule has 7 nitrogen and oxygen atoms in total. The number of methoxy groups -OCH3 is 1. The van der Waals surface area contributed by atoms with Gasteiger partial charge in [0.15, 0.2) is 0 Å². The first-order valence-electron chi connectivity index (χ1n) is 9.98. The number of rotatable bonds is 5. The number of aromatic amines is 1. The van der Waals surface area contributed by atoms with Crippen molar-refractivity contribution in [3.8, 4) is 5.75 Å². The zero-order valence-corrected chi connectivity index (χ0v) is 16.6. The Kier molecular flexibility index (Phi) is 5.52. The highest BCUT2D eigenvalue weighted by atomic mass is 16.5. The predicted molar refractivity (Wildman–Crippen MR) is 110 cm³/mol. The molecular formula is C21H28N4O3. The van der Waals surface area contributed by atoms with Crippen molar-refractivity contribution in [2.24, 2.45) is 5.92 Å². The molecule has 0 aliphatic carbocycles. The van der Waals surface area contributed by atoms with Gasteiger partial charge in [-0.05, 0) is 30.4 Å². The summed E-state index contributed by atoms with van der Waals surface area (Å²) in [6, 6.07) is 9.99. The molecule has 2 fully saturated rings. The summed E-state index contributed by atoms with van der Waals surface area (Å²) in [7, 11) is 1.71. The summed E-state index contributed by atoms with van der Waals surface area (Å²) >= 11 is 0. The first-order valence-corrected chi connectivity index (χ1v) is 9.98. The predicted octanol–water partition coefficient (Wildman–Crippen LogP) is 2.07. The Bertz CT molecular complexity index is 863. The molecule has 0 bridgehead atoms. The minimum absolute atomic E-state index is 0.109. The van der Waals surface area contributed by atoms with Crippen LogP contribution < -0.4 is 20.1 Å². The maximum Gasteiger partial charge on any atom is 0.254 e. The first-order chi connectivity index (χ1) is 13.7. The summed E-state index contributed by atoms with van der Waals surface area (Å²) in [4.78, 5) is 24.5. The monoisotopic (exact) mass is 384 g/mol. The molecular weight excluding hydrogens is 356 g/mol. The molecule has 4 rings (SSSR count). The van der Waals surface area contributed by atoms with Crippen molar-refractivity contribution in [1.82, 2.24) is 9.97 Å². The van der Waals surface area contributed by atoms with E-state index >= 15 is 0 Å². The average Bonchev–Trinajstić information content (AvgIpc) is 3.09. The standard InChI is InChI=1S/C21H28N4O3/c1-15-7-8-25(17(15)13-16-5-3-4-6-18(16)27-2)21-22-19(14-20(26)23-21)24-9-11-28-12-10-24/h3-6,14-15,17H,7-13H2,1-2H3,(H,22,23,26)/t15-,17+/m1/s1. The fourth-order valence-corrected chi connectivity index (χ4v) is 4.20. The van der Waals surface area contributed by atoms with Gasteiger partial charge in [-0.2, -0.15) is 4.98 Å². The number of para-hydroxylation sites is 1. The highest BCUT2D eigenvalue weighted by molar-refractivity contribution is 5.46. The van der Waals surface area contributed by atoms with Gasteiger partial charge < -0.3 is 19.3 Å². The molecule has 0 saturated carbocycles. The number of morpholine rings is 1. The van der Waals surface area contributed by atoms with E-state index in [2.05, 4.69) is 27.8 Å². The number of aromatic nitrogens is 2. The third-order valence-electron chi connectivity index (χ3n) is 5.83. The lowest BCUT2D eigenvalue weighted by molar-refractivity contribution is 0.122. The number of hydrogen-bond acceptors (Lipinski definition) is 6. The highest BCUT2D eigenvalue weighted by Gasteiger charge is 2.33. The summed E-state index contributed by atoms with van der Waals surface area (Å²) in [5.74, 6) is 2.81. The number of benzene rings is 1. The van der Waals surface area contributed by atoms with Crippen LogP contribution in [0, 0.1) is 5.92 Å². The van der Waals surface area contributed by atoms with E-state index < -0.39 is 0 Å². The van der Waals surface area contributed by atoms with E-state index in [0.29, 0.717) is 25.1 Å². The minimum Gasteiger partial charge on any atom is -0.496 e. The Labute approximate surface area is 165 Å². The molecule has 0 amide bonds. The van der Waals surface area contributed by atoms with Crippen molar-refractivity contribution in [2.75, 3.05) is 49.8 Å². The Balaban J connectivity index is 1.62. The fourth-order valence-electron chi connectivity index (χ4n) is 4.20. The largest absolute Gasteiger partial charge is 0.496 e. The molecule has 0 unspecified atom stereocenters. The van der Waals surface area contributed by atoms with Crippen LogP contribution in [0.2, 0.25) is 0 Å². The molecule has 1 aromatic heterocycles. The zero-order valence-electron chi connectivity index (χ0n) is 16.6. The van der Waals surface area contributed by atoms with E-state index in [4.69, 9.17) is 14.5 Å². The molecule has 0 radical (unpaired) electrons. The van der Waals surface area contributed by atoms with Crippen molar-refractivity contribution >= 4 is 11.8 Å². The van der Waals surface area contributed by atoms with Crippen LogP contribution in [0.15, 0.2) is 35.1 Å². The fraction of sp³-hybridized carbons (Fsp3) is 0.524. The minimum atomic E-state index is -0.109. The van der Waals surface area contributed by atoms with Crippen molar-refractivity contribution < 1.29 is 9.47 Å². The molecule has 2 aliphatic heterocycles. The molecule has 3 heterocycles. The summed E-state index contributed by atoms with van der Waals surface area (Å²) in [5.41, 5.74) is 1.07. The summed E-state index contributed by atoms with van der Waals surface area (Å²) in [6.45, 7) is 6.01. The molecule has 2 atom stereocenters. The van der Waals surface area contributed by atoms with Crippen LogP contribution >= 0.6 is 0 Å².